The van der Waals surface area contributed by atoms with Gasteiger partial charge >= 0.3 is 5.97 Å². The van der Waals surface area contributed by atoms with Crippen LogP contribution in [0.4, 0.5) is 0 Å². The Kier molecular flexibility index (Phi) is 3.79. The van der Waals surface area contributed by atoms with Gasteiger partial charge in [0.15, 0.2) is 5.82 Å². The van der Waals surface area contributed by atoms with E-state index in [-0.39, 0.29) is 5.92 Å². The average Bonchev–Trinajstić information content (AvgIpc) is 2.76. The molecular weight excluding hydrogens is 232 g/mol. The molecule has 2 atom stereocenters. The van der Waals surface area contributed by atoms with E-state index in [1.807, 2.05) is 12.2 Å². The maximum atomic E-state index is 11.2. The molecule has 18 heavy (non-hydrogen) atoms. The standard InChI is InChI=1S/C13H18N2O3/c1-8(2)7-11-14-12(18-15-11)9-5-3-4-6-10(9)13(16)17/h3-4,8-10H,5-7H2,1-2H3,(H,16,17)/t9-,10+/m1/s1. The molecule has 0 saturated heterocycles. The second-order valence-corrected chi connectivity index (χ2v) is 5.14. The molecule has 0 unspecified atom stereocenters. The van der Waals surface area contributed by atoms with Crippen molar-refractivity contribution in [1.82, 2.24) is 10.1 Å². The SMILES string of the molecule is CC(C)Cc1noc([C@@H]2CC=CC[C@@H]2C(=O)O)n1. The Morgan fingerprint density at radius 3 is 2.89 bits per heavy atom. The summed E-state index contributed by atoms with van der Waals surface area (Å²) in [6, 6.07) is 0. The summed E-state index contributed by atoms with van der Waals surface area (Å²) in [5.74, 6) is 0.134. The van der Waals surface area contributed by atoms with Crippen LogP contribution in [0.2, 0.25) is 0 Å². The van der Waals surface area contributed by atoms with Crippen molar-refractivity contribution in [2.45, 2.75) is 39.0 Å². The van der Waals surface area contributed by atoms with Crippen LogP contribution in [0.25, 0.3) is 0 Å². The third-order valence-electron chi connectivity index (χ3n) is 3.14. The van der Waals surface area contributed by atoms with Crippen LogP contribution in [0, 0.1) is 11.8 Å². The van der Waals surface area contributed by atoms with E-state index in [2.05, 4.69) is 24.0 Å². The predicted octanol–water partition coefficient (Wildman–Crippen LogP) is 2.40. The van der Waals surface area contributed by atoms with Crippen LogP contribution >= 0.6 is 0 Å². The largest absolute Gasteiger partial charge is 0.481 e. The van der Waals surface area contributed by atoms with Crippen molar-refractivity contribution >= 4 is 5.97 Å². The number of rotatable bonds is 4. The highest BCUT2D eigenvalue weighted by Crippen LogP contribution is 2.33. The lowest BCUT2D eigenvalue weighted by Crippen LogP contribution is -2.23. The van der Waals surface area contributed by atoms with E-state index in [1.54, 1.807) is 0 Å². The highest BCUT2D eigenvalue weighted by molar-refractivity contribution is 5.71. The lowest BCUT2D eigenvalue weighted by molar-refractivity contribution is -0.142. The summed E-state index contributed by atoms with van der Waals surface area (Å²) >= 11 is 0. The summed E-state index contributed by atoms with van der Waals surface area (Å²) in [4.78, 5) is 15.5. The number of carboxylic acids is 1. The Balaban J connectivity index is 2.16. The van der Waals surface area contributed by atoms with Gasteiger partial charge in [-0.3, -0.25) is 4.79 Å². The van der Waals surface area contributed by atoms with Gasteiger partial charge in [-0.1, -0.05) is 31.2 Å². The van der Waals surface area contributed by atoms with Gasteiger partial charge in [-0.15, -0.1) is 0 Å². The molecule has 0 spiro atoms. The molecule has 0 saturated carbocycles. The fraction of sp³-hybridized carbons (Fsp3) is 0.615. The second-order valence-electron chi connectivity index (χ2n) is 5.14. The first-order chi connectivity index (χ1) is 8.58. The van der Waals surface area contributed by atoms with Crippen molar-refractivity contribution in [3.05, 3.63) is 23.9 Å². The Morgan fingerprint density at radius 1 is 1.50 bits per heavy atom. The Labute approximate surface area is 106 Å². The zero-order valence-electron chi connectivity index (χ0n) is 10.7. The van der Waals surface area contributed by atoms with E-state index in [0.717, 1.165) is 6.42 Å². The molecular formula is C13H18N2O3. The molecule has 0 aromatic carbocycles. The van der Waals surface area contributed by atoms with Crippen LogP contribution in [0.3, 0.4) is 0 Å². The molecule has 1 aliphatic carbocycles. The average molecular weight is 250 g/mol. The van der Waals surface area contributed by atoms with Gasteiger partial charge < -0.3 is 9.63 Å². The van der Waals surface area contributed by atoms with Gasteiger partial charge in [-0.2, -0.15) is 4.98 Å². The van der Waals surface area contributed by atoms with Crippen LogP contribution < -0.4 is 0 Å². The normalized spacial score (nSPS) is 23.5. The molecule has 0 fully saturated rings. The molecule has 0 aliphatic heterocycles. The Morgan fingerprint density at radius 2 is 2.22 bits per heavy atom. The zero-order chi connectivity index (χ0) is 13.1. The monoisotopic (exact) mass is 250 g/mol. The van der Waals surface area contributed by atoms with Crippen LogP contribution in [-0.4, -0.2) is 21.2 Å². The number of aliphatic carboxylic acids is 1. The number of allylic oxidation sites excluding steroid dienone is 2. The number of carbonyl (C=O) groups is 1. The number of nitrogens with zero attached hydrogens (tertiary/aromatic N) is 2. The summed E-state index contributed by atoms with van der Waals surface area (Å²) in [6.45, 7) is 4.17. The van der Waals surface area contributed by atoms with Gasteiger partial charge in [0.25, 0.3) is 0 Å². The van der Waals surface area contributed by atoms with Crippen molar-refractivity contribution in [3.63, 3.8) is 0 Å². The fourth-order valence-corrected chi connectivity index (χ4v) is 2.23. The first-order valence-corrected chi connectivity index (χ1v) is 6.28. The molecule has 1 heterocycles. The molecule has 1 aliphatic rings. The van der Waals surface area contributed by atoms with E-state index in [0.29, 0.717) is 30.5 Å². The Hall–Kier alpha value is -1.65. The summed E-state index contributed by atoms with van der Waals surface area (Å²) < 4.78 is 5.23. The summed E-state index contributed by atoms with van der Waals surface area (Å²) in [5, 5.41) is 13.1. The smallest absolute Gasteiger partial charge is 0.307 e. The molecule has 1 aromatic heterocycles. The first-order valence-electron chi connectivity index (χ1n) is 6.28. The quantitative estimate of drug-likeness (QED) is 0.830. The topological polar surface area (TPSA) is 76.2 Å². The Bertz CT molecular complexity index is 451. The maximum absolute atomic E-state index is 11.2. The van der Waals surface area contributed by atoms with Crippen LogP contribution in [0.1, 0.15) is 44.3 Å². The predicted molar refractivity (Wildman–Crippen MR) is 65.1 cm³/mol. The molecule has 0 amide bonds. The molecule has 1 N–H and O–H groups in total. The molecule has 5 heteroatoms. The number of carboxylic acid groups (broad SMARTS) is 1. The van der Waals surface area contributed by atoms with Crippen molar-refractivity contribution in [3.8, 4) is 0 Å². The van der Waals surface area contributed by atoms with E-state index in [1.165, 1.54) is 0 Å². The fourth-order valence-electron chi connectivity index (χ4n) is 2.23. The highest BCUT2D eigenvalue weighted by atomic mass is 16.5. The molecule has 98 valence electrons. The van der Waals surface area contributed by atoms with Gasteiger partial charge in [0.2, 0.25) is 5.89 Å². The molecule has 5 nitrogen and oxygen atoms in total. The minimum atomic E-state index is -0.798. The van der Waals surface area contributed by atoms with Gasteiger partial charge in [0.05, 0.1) is 11.8 Å². The summed E-state index contributed by atoms with van der Waals surface area (Å²) in [5.41, 5.74) is 0. The van der Waals surface area contributed by atoms with Crippen molar-refractivity contribution in [1.29, 1.82) is 0 Å². The van der Waals surface area contributed by atoms with Gasteiger partial charge in [-0.05, 0) is 18.8 Å². The molecule has 0 radical (unpaired) electrons. The third-order valence-corrected chi connectivity index (χ3v) is 3.14. The van der Waals surface area contributed by atoms with Crippen LogP contribution in [0.15, 0.2) is 16.7 Å². The number of hydrogen-bond acceptors (Lipinski definition) is 4. The third kappa shape index (κ3) is 2.78. The zero-order valence-corrected chi connectivity index (χ0v) is 10.7. The van der Waals surface area contributed by atoms with Crippen molar-refractivity contribution in [2.24, 2.45) is 11.8 Å². The number of aromatic nitrogens is 2. The van der Waals surface area contributed by atoms with Gasteiger partial charge in [0, 0.05) is 6.42 Å². The lowest BCUT2D eigenvalue weighted by atomic mass is 9.83. The van der Waals surface area contributed by atoms with E-state index >= 15 is 0 Å². The van der Waals surface area contributed by atoms with Gasteiger partial charge in [0.1, 0.15) is 0 Å². The van der Waals surface area contributed by atoms with E-state index < -0.39 is 11.9 Å². The molecule has 1 aromatic rings. The van der Waals surface area contributed by atoms with Crippen molar-refractivity contribution < 1.29 is 14.4 Å². The highest BCUT2D eigenvalue weighted by Gasteiger charge is 2.33. The van der Waals surface area contributed by atoms with Crippen molar-refractivity contribution in [2.75, 3.05) is 0 Å². The van der Waals surface area contributed by atoms with Gasteiger partial charge in [-0.25, -0.2) is 0 Å². The van der Waals surface area contributed by atoms with E-state index in [4.69, 9.17) is 4.52 Å². The number of hydrogen-bond donors (Lipinski definition) is 1. The van der Waals surface area contributed by atoms with Crippen LogP contribution in [0.5, 0.6) is 0 Å². The van der Waals surface area contributed by atoms with E-state index in [9.17, 15) is 9.90 Å². The molecule has 0 bridgehead atoms. The molecule has 2 rings (SSSR count). The minimum Gasteiger partial charge on any atom is -0.481 e. The summed E-state index contributed by atoms with van der Waals surface area (Å²) in [6.07, 6.45) is 5.82. The summed E-state index contributed by atoms with van der Waals surface area (Å²) in [7, 11) is 0. The minimum absolute atomic E-state index is 0.194. The van der Waals surface area contributed by atoms with Crippen LogP contribution in [-0.2, 0) is 11.2 Å². The second kappa shape index (κ2) is 5.33. The lowest BCUT2D eigenvalue weighted by Gasteiger charge is -2.21. The maximum Gasteiger partial charge on any atom is 0.307 e. The first kappa shape index (κ1) is 12.8.